The molecule has 6 amide bonds. The van der Waals surface area contributed by atoms with Crippen LogP contribution < -0.4 is 32.3 Å². The second-order valence-electron chi connectivity index (χ2n) is 15.0. The fourth-order valence-electron chi connectivity index (χ4n) is 4.75. The molecule has 0 aromatic carbocycles. The number of hydrogen-bond acceptors (Lipinski definition) is 12. The average Bonchev–Trinajstić information content (AvgIpc) is 3.06. The van der Waals surface area contributed by atoms with Crippen LogP contribution in [-0.2, 0) is 47.3 Å². The van der Waals surface area contributed by atoms with Crippen molar-refractivity contribution in [3.63, 3.8) is 0 Å². The first-order chi connectivity index (χ1) is 25.3. The number of carbonyl (C=O) groups excluding carboxylic acids is 6. The topological polar surface area (TPSA) is 277 Å². The van der Waals surface area contributed by atoms with Crippen molar-refractivity contribution in [3.05, 3.63) is 0 Å². The predicted octanol–water partition coefficient (Wildman–Crippen LogP) is -0.265. The average molecular weight is 828 g/mol. The standard InChI is InChI=1S/C34H66N7O12PS/c1-10-14-41(29(44)11-15-51-34(8,9)21-52-33(6,7)12-13-36-31(46)25(35)20-55)19-28(43)40-26(16-22(2)3)32(47)38-18-27(42)39-24(5)30(45)37-17-23(4)53-54(48,49)50/h22-26,55H,10-21,35H2,1-9H3,(H,36,46)(H,37,45)(H,38,47)(H,39,42)(H,40,43)(H2,48,49,50)/t23-,24+,25+,26+/m1/s1. The number of rotatable bonds is 28. The Bertz CT molecular complexity index is 1300. The molecule has 0 aliphatic carbocycles. The van der Waals surface area contributed by atoms with E-state index in [4.69, 9.17) is 25.0 Å². The molecule has 0 rings (SSSR count). The van der Waals surface area contributed by atoms with Gasteiger partial charge in [0.25, 0.3) is 0 Å². The van der Waals surface area contributed by atoms with E-state index in [0.717, 1.165) is 0 Å². The number of nitrogens with one attached hydrogen (secondary N) is 5. The number of ether oxygens (including phenoxy) is 2. The van der Waals surface area contributed by atoms with Crippen LogP contribution in [0.5, 0.6) is 0 Å². The molecular weight excluding hydrogens is 761 g/mol. The third kappa shape index (κ3) is 25.1. The number of thiol groups is 1. The molecular formula is C34H66N7O12PS. The Hall–Kier alpha value is -2.84. The summed E-state index contributed by atoms with van der Waals surface area (Å²) in [5.74, 6) is -2.90. The van der Waals surface area contributed by atoms with E-state index in [-0.39, 0.29) is 62.6 Å². The van der Waals surface area contributed by atoms with E-state index in [1.165, 1.54) is 18.7 Å². The SMILES string of the molecule is CCCN(CC(=O)N[C@@H](CC(C)C)C(=O)NCC(=O)N[C@@H](C)C(=O)NC[C@@H](C)OP(=O)(O)O)C(=O)CCOC(C)(C)COC(C)(C)CCNC(=O)[C@@H](N)CS. The number of phosphoric acid groups is 1. The van der Waals surface area contributed by atoms with E-state index >= 15 is 0 Å². The molecule has 9 N–H and O–H groups in total. The van der Waals surface area contributed by atoms with Crippen molar-refractivity contribution in [2.24, 2.45) is 11.7 Å². The highest BCUT2D eigenvalue weighted by atomic mass is 32.1. The molecule has 0 aliphatic rings. The first kappa shape index (κ1) is 52.2. The summed E-state index contributed by atoms with van der Waals surface area (Å²) in [5, 5.41) is 12.7. The third-order valence-corrected chi connectivity index (χ3v) is 8.82. The molecule has 0 saturated carbocycles. The number of amides is 6. The fourth-order valence-corrected chi connectivity index (χ4v) is 5.46. The van der Waals surface area contributed by atoms with E-state index < -0.39 is 73.4 Å². The van der Waals surface area contributed by atoms with Crippen molar-refractivity contribution in [1.82, 2.24) is 31.5 Å². The summed E-state index contributed by atoms with van der Waals surface area (Å²) >= 11 is 4.03. The zero-order valence-corrected chi connectivity index (χ0v) is 35.6. The minimum Gasteiger partial charge on any atom is -0.373 e. The van der Waals surface area contributed by atoms with Crippen molar-refractivity contribution in [2.45, 2.75) is 123 Å². The minimum atomic E-state index is -4.73. The Balaban J connectivity index is 5.01. The van der Waals surface area contributed by atoms with Crippen molar-refractivity contribution >= 4 is 55.9 Å². The number of hydrogen-bond donors (Lipinski definition) is 9. The van der Waals surface area contributed by atoms with Crippen LogP contribution in [-0.4, -0.2) is 137 Å². The van der Waals surface area contributed by atoms with Crippen molar-refractivity contribution < 1.29 is 57.1 Å². The summed E-state index contributed by atoms with van der Waals surface area (Å²) in [6, 6.07) is -2.74. The Morgan fingerprint density at radius 1 is 0.873 bits per heavy atom. The largest absolute Gasteiger partial charge is 0.469 e. The van der Waals surface area contributed by atoms with Crippen LogP contribution in [0.1, 0.15) is 88.0 Å². The molecule has 0 aliphatic heterocycles. The normalized spacial score (nSPS) is 14.3. The van der Waals surface area contributed by atoms with Gasteiger partial charge in [-0.15, -0.1) is 0 Å². The number of nitrogens with zero attached hydrogens (tertiary/aromatic N) is 1. The van der Waals surface area contributed by atoms with Gasteiger partial charge in [0.1, 0.15) is 12.1 Å². The molecule has 0 aromatic heterocycles. The van der Waals surface area contributed by atoms with Gasteiger partial charge >= 0.3 is 7.82 Å². The van der Waals surface area contributed by atoms with Crippen LogP contribution in [0.2, 0.25) is 0 Å². The van der Waals surface area contributed by atoms with E-state index in [9.17, 15) is 33.3 Å². The first-order valence-corrected chi connectivity index (χ1v) is 20.6. The molecule has 0 aromatic rings. The predicted molar refractivity (Wildman–Crippen MR) is 209 cm³/mol. The summed E-state index contributed by atoms with van der Waals surface area (Å²) in [6.07, 6.45) is 0.359. The Labute approximate surface area is 330 Å². The molecule has 55 heavy (non-hydrogen) atoms. The molecule has 19 nitrogen and oxygen atoms in total. The van der Waals surface area contributed by atoms with Gasteiger partial charge in [0.15, 0.2) is 0 Å². The van der Waals surface area contributed by atoms with Crippen LogP contribution in [0.3, 0.4) is 0 Å². The molecule has 0 unspecified atom stereocenters. The van der Waals surface area contributed by atoms with Gasteiger partial charge in [0, 0.05) is 25.4 Å². The van der Waals surface area contributed by atoms with Gasteiger partial charge in [0.05, 0.1) is 56.1 Å². The molecule has 0 spiro atoms. The maximum Gasteiger partial charge on any atom is 0.469 e. The van der Waals surface area contributed by atoms with Crippen molar-refractivity contribution in [2.75, 3.05) is 51.7 Å². The van der Waals surface area contributed by atoms with Crippen LogP contribution >= 0.6 is 20.5 Å². The summed E-state index contributed by atoms with van der Waals surface area (Å²) < 4.78 is 27.4. The Morgan fingerprint density at radius 3 is 2.07 bits per heavy atom. The maximum absolute atomic E-state index is 13.2. The molecule has 320 valence electrons. The molecule has 0 radical (unpaired) electrons. The molecule has 0 bridgehead atoms. The van der Waals surface area contributed by atoms with Crippen LogP contribution in [0, 0.1) is 5.92 Å². The molecule has 0 saturated heterocycles. The maximum atomic E-state index is 13.2. The van der Waals surface area contributed by atoms with Crippen molar-refractivity contribution in [3.8, 4) is 0 Å². The van der Waals surface area contributed by atoms with Crippen molar-refractivity contribution in [1.29, 1.82) is 0 Å². The summed E-state index contributed by atoms with van der Waals surface area (Å²) in [4.78, 5) is 95.0. The van der Waals surface area contributed by atoms with Gasteiger partial charge in [-0.2, -0.15) is 12.6 Å². The smallest absolute Gasteiger partial charge is 0.373 e. The fraction of sp³-hybridized carbons (Fsp3) is 0.824. The van der Waals surface area contributed by atoms with E-state index in [0.29, 0.717) is 25.9 Å². The van der Waals surface area contributed by atoms with Crippen LogP contribution in [0.25, 0.3) is 0 Å². The van der Waals surface area contributed by atoms with E-state index in [2.05, 4.69) is 43.7 Å². The van der Waals surface area contributed by atoms with E-state index in [1.807, 2.05) is 48.5 Å². The van der Waals surface area contributed by atoms with Crippen LogP contribution in [0.15, 0.2) is 0 Å². The van der Waals surface area contributed by atoms with Gasteiger partial charge in [-0.1, -0.05) is 20.8 Å². The van der Waals surface area contributed by atoms with Gasteiger partial charge < -0.3 is 56.5 Å². The lowest BCUT2D eigenvalue weighted by Gasteiger charge is -2.32. The lowest BCUT2D eigenvalue weighted by molar-refractivity contribution is -0.142. The lowest BCUT2D eigenvalue weighted by Crippen LogP contribution is -2.53. The first-order valence-electron chi connectivity index (χ1n) is 18.4. The van der Waals surface area contributed by atoms with Gasteiger partial charge in [0.2, 0.25) is 35.4 Å². The number of nitrogens with two attached hydrogens (primary N) is 1. The summed E-state index contributed by atoms with van der Waals surface area (Å²) in [7, 11) is -4.73. The van der Waals surface area contributed by atoms with Gasteiger partial charge in [-0.3, -0.25) is 33.3 Å². The lowest BCUT2D eigenvalue weighted by atomic mass is 10.0. The Kier molecular flexibility index (Phi) is 24.1. The highest BCUT2D eigenvalue weighted by Gasteiger charge is 2.28. The molecule has 0 fully saturated rings. The highest BCUT2D eigenvalue weighted by Crippen LogP contribution is 2.37. The summed E-state index contributed by atoms with van der Waals surface area (Å²) in [6.45, 7) is 15.7. The monoisotopic (exact) mass is 827 g/mol. The number of carbonyl (C=O) groups is 6. The van der Waals surface area contributed by atoms with Crippen LogP contribution in [0.4, 0.5) is 0 Å². The zero-order chi connectivity index (χ0) is 42.6. The summed E-state index contributed by atoms with van der Waals surface area (Å²) in [5.41, 5.74) is 4.35. The Morgan fingerprint density at radius 2 is 1.51 bits per heavy atom. The third-order valence-electron chi connectivity index (χ3n) is 7.79. The second kappa shape index (κ2) is 25.4. The second-order valence-corrected chi connectivity index (χ2v) is 16.5. The van der Waals surface area contributed by atoms with Gasteiger partial charge in [-0.25, -0.2) is 4.57 Å². The van der Waals surface area contributed by atoms with E-state index in [1.54, 1.807) is 0 Å². The minimum absolute atomic E-state index is 0.000793. The number of phosphoric ester groups is 1. The van der Waals surface area contributed by atoms with Gasteiger partial charge in [-0.05, 0) is 66.7 Å². The zero-order valence-electron chi connectivity index (χ0n) is 33.8. The molecule has 0 heterocycles. The molecule has 4 atom stereocenters. The quantitative estimate of drug-likeness (QED) is 0.0364. The molecule has 21 heteroatoms. The highest BCUT2D eigenvalue weighted by molar-refractivity contribution is 7.80.